The Kier molecular flexibility index (Phi) is 7.54. The van der Waals surface area contributed by atoms with E-state index in [1.165, 1.54) is 18.4 Å². The van der Waals surface area contributed by atoms with Crippen molar-refractivity contribution in [2.24, 2.45) is 4.99 Å². The lowest BCUT2D eigenvalue weighted by molar-refractivity contribution is -0.138. The molecule has 4 aromatic rings. The molecule has 2 aliphatic heterocycles. The summed E-state index contributed by atoms with van der Waals surface area (Å²) in [6.45, 7) is 2.86. The Labute approximate surface area is 245 Å². The van der Waals surface area contributed by atoms with E-state index in [0.717, 1.165) is 11.1 Å². The molecule has 0 saturated heterocycles. The highest BCUT2D eigenvalue weighted by Crippen LogP contribution is 2.38. The highest BCUT2D eigenvalue weighted by molar-refractivity contribution is 7.07. The number of rotatable bonds is 7. The van der Waals surface area contributed by atoms with Gasteiger partial charge in [-0.05, 0) is 48.4 Å². The van der Waals surface area contributed by atoms with Crippen molar-refractivity contribution in [1.82, 2.24) is 4.57 Å². The normalized spacial score (nSPS) is 16.0. The number of ether oxygens (including phenoxy) is 5. The zero-order chi connectivity index (χ0) is 29.2. The van der Waals surface area contributed by atoms with Crippen LogP contribution in [0.3, 0.4) is 0 Å². The molecule has 0 aliphatic carbocycles. The number of carbonyl (C=O) groups is 1. The molecular formula is C32H28N2O7S. The van der Waals surface area contributed by atoms with Crippen LogP contribution in [0.5, 0.6) is 23.0 Å². The number of esters is 1. The van der Waals surface area contributed by atoms with Gasteiger partial charge in [-0.1, -0.05) is 53.8 Å². The number of benzene rings is 3. The van der Waals surface area contributed by atoms with Crippen LogP contribution in [0.15, 0.2) is 82.1 Å². The van der Waals surface area contributed by atoms with E-state index in [9.17, 15) is 9.59 Å². The molecule has 214 valence electrons. The van der Waals surface area contributed by atoms with Gasteiger partial charge >= 0.3 is 5.97 Å². The number of carbonyl (C=O) groups excluding carboxylic acids is 1. The van der Waals surface area contributed by atoms with Crippen LogP contribution in [0.2, 0.25) is 0 Å². The summed E-state index contributed by atoms with van der Waals surface area (Å²) in [5.74, 6) is 1.73. The molecule has 3 aromatic carbocycles. The van der Waals surface area contributed by atoms with Gasteiger partial charge in [-0.3, -0.25) is 9.36 Å². The Morgan fingerprint density at radius 3 is 2.50 bits per heavy atom. The Balaban J connectivity index is 1.61. The molecule has 1 aromatic heterocycles. The van der Waals surface area contributed by atoms with Crippen molar-refractivity contribution in [3.63, 3.8) is 0 Å². The van der Waals surface area contributed by atoms with E-state index in [-0.39, 0.29) is 17.7 Å². The molecular weight excluding hydrogens is 556 g/mol. The SMILES string of the molecule is CCOC(=O)C1=C(c2ccccc2)N=c2s/c(=C\c3ccc4c(c3)OCCO4)c(=O)n2[C@H]1c1ccc(OC)c(OC)c1. The Bertz CT molecular complexity index is 1870. The highest BCUT2D eigenvalue weighted by atomic mass is 32.1. The monoisotopic (exact) mass is 584 g/mol. The molecule has 0 bridgehead atoms. The first-order valence-corrected chi connectivity index (χ1v) is 14.2. The summed E-state index contributed by atoms with van der Waals surface area (Å²) in [7, 11) is 3.09. The van der Waals surface area contributed by atoms with Crippen molar-refractivity contribution in [2.75, 3.05) is 34.0 Å². The molecule has 2 aliphatic rings. The number of hydrogen-bond donors (Lipinski definition) is 0. The summed E-state index contributed by atoms with van der Waals surface area (Å²) in [6, 6.07) is 19.5. The fraction of sp³-hybridized carbons (Fsp3) is 0.219. The van der Waals surface area contributed by atoms with E-state index in [1.807, 2.05) is 54.6 Å². The molecule has 0 saturated carbocycles. The van der Waals surface area contributed by atoms with Gasteiger partial charge in [-0.15, -0.1) is 0 Å². The average molecular weight is 585 g/mol. The molecule has 0 unspecified atom stereocenters. The topological polar surface area (TPSA) is 97.6 Å². The quantitative estimate of drug-likeness (QED) is 0.306. The third-order valence-corrected chi connectivity index (χ3v) is 7.94. The Morgan fingerprint density at radius 2 is 1.76 bits per heavy atom. The highest BCUT2D eigenvalue weighted by Gasteiger charge is 2.35. The van der Waals surface area contributed by atoms with Gasteiger partial charge in [-0.2, -0.15) is 0 Å². The van der Waals surface area contributed by atoms with E-state index in [0.29, 0.717) is 56.8 Å². The van der Waals surface area contributed by atoms with Crippen LogP contribution >= 0.6 is 11.3 Å². The maximum absolute atomic E-state index is 14.1. The van der Waals surface area contributed by atoms with Crippen LogP contribution in [0.4, 0.5) is 0 Å². The molecule has 0 amide bonds. The maximum atomic E-state index is 14.1. The second-order valence-corrected chi connectivity index (χ2v) is 10.5. The molecule has 9 nitrogen and oxygen atoms in total. The van der Waals surface area contributed by atoms with Crippen LogP contribution < -0.4 is 33.8 Å². The summed E-state index contributed by atoms with van der Waals surface area (Å²) in [5.41, 5.74) is 2.57. The predicted octanol–water partition coefficient (Wildman–Crippen LogP) is 3.72. The van der Waals surface area contributed by atoms with Crippen LogP contribution in [-0.2, 0) is 9.53 Å². The molecule has 1 atom stereocenters. The van der Waals surface area contributed by atoms with E-state index in [1.54, 1.807) is 36.8 Å². The Morgan fingerprint density at radius 1 is 1.00 bits per heavy atom. The molecule has 0 spiro atoms. The molecule has 3 heterocycles. The van der Waals surface area contributed by atoms with Crippen molar-refractivity contribution in [3.05, 3.63) is 109 Å². The first-order chi connectivity index (χ1) is 20.5. The van der Waals surface area contributed by atoms with Crippen molar-refractivity contribution in [2.45, 2.75) is 13.0 Å². The number of fused-ring (bicyclic) bond motifs is 2. The van der Waals surface area contributed by atoms with Gasteiger partial charge < -0.3 is 23.7 Å². The van der Waals surface area contributed by atoms with Crippen molar-refractivity contribution in [1.29, 1.82) is 0 Å². The minimum absolute atomic E-state index is 0.164. The van der Waals surface area contributed by atoms with E-state index < -0.39 is 12.0 Å². The predicted molar refractivity (Wildman–Crippen MR) is 158 cm³/mol. The number of nitrogens with zero attached hydrogens (tertiary/aromatic N) is 2. The van der Waals surface area contributed by atoms with E-state index in [4.69, 9.17) is 28.7 Å². The fourth-order valence-electron chi connectivity index (χ4n) is 5.08. The van der Waals surface area contributed by atoms with Gasteiger partial charge in [0.05, 0.1) is 42.7 Å². The molecule has 0 radical (unpaired) electrons. The van der Waals surface area contributed by atoms with Crippen molar-refractivity contribution in [3.8, 4) is 23.0 Å². The summed E-state index contributed by atoms with van der Waals surface area (Å²) >= 11 is 1.25. The third kappa shape index (κ3) is 4.94. The number of thiazole rings is 1. The van der Waals surface area contributed by atoms with E-state index in [2.05, 4.69) is 0 Å². The van der Waals surface area contributed by atoms with Crippen molar-refractivity contribution < 1.29 is 28.5 Å². The minimum Gasteiger partial charge on any atom is -0.493 e. The summed E-state index contributed by atoms with van der Waals surface area (Å²) in [5, 5.41) is 0. The first kappa shape index (κ1) is 27.3. The second kappa shape index (κ2) is 11.6. The zero-order valence-electron chi connectivity index (χ0n) is 23.3. The lowest BCUT2D eigenvalue weighted by Crippen LogP contribution is -2.40. The van der Waals surface area contributed by atoms with Gasteiger partial charge in [-0.25, -0.2) is 9.79 Å². The maximum Gasteiger partial charge on any atom is 0.338 e. The summed E-state index contributed by atoms with van der Waals surface area (Å²) < 4.78 is 29.9. The van der Waals surface area contributed by atoms with E-state index >= 15 is 0 Å². The standard InChI is InChI=1S/C32H28N2O7S/c1-4-39-31(36)27-28(20-8-6-5-7-9-20)33-32-34(29(27)21-11-13-22(37-2)24(18-21)38-3)30(35)26(42-32)17-19-10-12-23-25(16-19)41-15-14-40-23/h5-13,16-18,29H,4,14-15H2,1-3H3/b26-17-/t29-/m0/s1. The Hall–Kier alpha value is -4.83. The second-order valence-electron chi connectivity index (χ2n) is 9.45. The van der Waals surface area contributed by atoms with Crippen LogP contribution in [0.1, 0.15) is 29.7 Å². The van der Waals surface area contributed by atoms with Gasteiger partial charge in [0.2, 0.25) is 0 Å². The van der Waals surface area contributed by atoms with Gasteiger partial charge in [0.25, 0.3) is 5.56 Å². The lowest BCUT2D eigenvalue weighted by Gasteiger charge is -2.26. The zero-order valence-corrected chi connectivity index (χ0v) is 24.1. The number of hydrogen-bond acceptors (Lipinski definition) is 9. The van der Waals surface area contributed by atoms with Gasteiger partial charge in [0.15, 0.2) is 27.8 Å². The molecule has 0 N–H and O–H groups in total. The average Bonchev–Trinajstić information content (AvgIpc) is 3.34. The van der Waals surface area contributed by atoms with Crippen LogP contribution in [0, 0.1) is 0 Å². The third-order valence-electron chi connectivity index (χ3n) is 6.96. The van der Waals surface area contributed by atoms with Crippen LogP contribution in [0.25, 0.3) is 11.8 Å². The molecule has 10 heteroatoms. The summed E-state index contributed by atoms with van der Waals surface area (Å²) in [6.07, 6.45) is 1.80. The molecule has 0 fully saturated rings. The van der Waals surface area contributed by atoms with Crippen LogP contribution in [-0.4, -0.2) is 44.6 Å². The molecule has 42 heavy (non-hydrogen) atoms. The van der Waals surface area contributed by atoms with Crippen molar-refractivity contribution >= 4 is 29.1 Å². The first-order valence-electron chi connectivity index (χ1n) is 13.4. The minimum atomic E-state index is -0.835. The number of aromatic nitrogens is 1. The smallest absolute Gasteiger partial charge is 0.338 e. The largest absolute Gasteiger partial charge is 0.493 e. The lowest BCUT2D eigenvalue weighted by atomic mass is 9.93. The summed E-state index contributed by atoms with van der Waals surface area (Å²) in [4.78, 5) is 33.1. The van der Waals surface area contributed by atoms with Gasteiger partial charge in [0, 0.05) is 5.56 Å². The molecule has 6 rings (SSSR count). The fourth-order valence-corrected chi connectivity index (χ4v) is 6.08. The number of methoxy groups -OCH3 is 2. The van der Waals surface area contributed by atoms with Gasteiger partial charge in [0.1, 0.15) is 13.2 Å².